The second-order valence-corrected chi connectivity index (χ2v) is 6.75. The first-order valence-corrected chi connectivity index (χ1v) is 9.34. The number of halogens is 1. The monoisotopic (exact) mass is 476 g/mol. The first-order chi connectivity index (χ1) is 12.2. The van der Waals surface area contributed by atoms with Gasteiger partial charge in [0.2, 0.25) is 5.88 Å². The van der Waals surface area contributed by atoms with Crippen LogP contribution in [0.2, 0.25) is 0 Å². The molecule has 7 heteroatoms. The van der Waals surface area contributed by atoms with Crippen LogP contribution in [0.4, 0.5) is 0 Å². The maximum atomic E-state index is 9.46. The average molecular weight is 476 g/mol. The summed E-state index contributed by atoms with van der Waals surface area (Å²) in [5.41, 5.74) is 1.07. The number of aliphatic imine (C=N–C) groups is 1. The molecule has 6 nitrogen and oxygen atoms in total. The Kier molecular flexibility index (Phi) is 10.9. The zero-order chi connectivity index (χ0) is 18.0. The number of methoxy groups -OCH3 is 1. The zero-order valence-corrected chi connectivity index (χ0v) is 18.3. The highest BCUT2D eigenvalue weighted by molar-refractivity contribution is 14.0. The third-order valence-electron chi connectivity index (χ3n) is 4.92. The Bertz CT molecular complexity index is 543. The summed E-state index contributed by atoms with van der Waals surface area (Å²) in [4.78, 5) is 9.05. The van der Waals surface area contributed by atoms with Gasteiger partial charge in [0.05, 0.1) is 19.3 Å². The molecule has 1 saturated carbocycles. The summed E-state index contributed by atoms with van der Waals surface area (Å²) < 4.78 is 5.16. The maximum absolute atomic E-state index is 9.46. The van der Waals surface area contributed by atoms with Crippen molar-refractivity contribution in [3.8, 4) is 5.88 Å². The van der Waals surface area contributed by atoms with E-state index in [1.165, 1.54) is 32.1 Å². The fourth-order valence-corrected chi connectivity index (χ4v) is 3.49. The Hall–Kier alpha value is -1.09. The lowest BCUT2D eigenvalue weighted by Gasteiger charge is -2.37. The minimum Gasteiger partial charge on any atom is -0.481 e. The van der Waals surface area contributed by atoms with Crippen LogP contribution in [0.5, 0.6) is 5.88 Å². The van der Waals surface area contributed by atoms with E-state index in [2.05, 4.69) is 27.5 Å². The van der Waals surface area contributed by atoms with E-state index >= 15 is 0 Å². The number of hydrogen-bond donors (Lipinski definition) is 3. The predicted molar refractivity (Wildman–Crippen MR) is 116 cm³/mol. The molecule has 2 rings (SSSR count). The van der Waals surface area contributed by atoms with Crippen molar-refractivity contribution in [3.63, 3.8) is 0 Å². The molecule has 0 aliphatic heterocycles. The minimum absolute atomic E-state index is 0. The van der Waals surface area contributed by atoms with E-state index in [1.807, 2.05) is 18.2 Å². The van der Waals surface area contributed by atoms with Crippen LogP contribution >= 0.6 is 24.0 Å². The Labute approximate surface area is 174 Å². The van der Waals surface area contributed by atoms with Crippen LogP contribution in [0.15, 0.2) is 23.2 Å². The smallest absolute Gasteiger partial charge is 0.213 e. The van der Waals surface area contributed by atoms with Gasteiger partial charge in [0.15, 0.2) is 5.96 Å². The molecule has 1 aliphatic rings. The van der Waals surface area contributed by atoms with Crippen LogP contribution in [0.3, 0.4) is 0 Å². The summed E-state index contributed by atoms with van der Waals surface area (Å²) in [6, 6.07) is 5.71. The number of aliphatic hydroxyl groups is 1. The van der Waals surface area contributed by atoms with Gasteiger partial charge in [0, 0.05) is 25.8 Å². The van der Waals surface area contributed by atoms with Gasteiger partial charge in [0.25, 0.3) is 0 Å². The van der Waals surface area contributed by atoms with Gasteiger partial charge >= 0.3 is 0 Å². The standard InChI is InChI=1S/C19H32N4O2.HI/c1-3-20-18(21-14-16-8-7-9-17(23-16)25-2)22-15-19(12-13-24)10-5-4-6-11-19;/h7-9,24H,3-6,10-15H2,1-2H3,(H2,20,21,22);1H. The molecule has 26 heavy (non-hydrogen) atoms. The Morgan fingerprint density at radius 2 is 2.04 bits per heavy atom. The molecule has 0 unspecified atom stereocenters. The molecule has 0 radical (unpaired) electrons. The summed E-state index contributed by atoms with van der Waals surface area (Å²) in [6.45, 7) is 4.48. The molecule has 1 aromatic rings. The fraction of sp³-hybridized carbons (Fsp3) is 0.684. The quantitative estimate of drug-likeness (QED) is 0.305. The van der Waals surface area contributed by atoms with Crippen molar-refractivity contribution in [2.24, 2.45) is 10.4 Å². The summed E-state index contributed by atoms with van der Waals surface area (Å²) in [6.07, 6.45) is 7.03. The van der Waals surface area contributed by atoms with Crippen molar-refractivity contribution in [1.29, 1.82) is 0 Å². The molecule has 1 aliphatic carbocycles. The number of guanidine groups is 1. The largest absolute Gasteiger partial charge is 0.481 e. The first kappa shape index (κ1) is 23.0. The average Bonchev–Trinajstić information content (AvgIpc) is 2.65. The molecule has 0 bridgehead atoms. The molecule has 3 N–H and O–H groups in total. The van der Waals surface area contributed by atoms with Crippen LogP contribution in [0.25, 0.3) is 0 Å². The van der Waals surface area contributed by atoms with Gasteiger partial charge in [0.1, 0.15) is 0 Å². The lowest BCUT2D eigenvalue weighted by Crippen LogP contribution is -2.45. The molecule has 0 saturated heterocycles. The number of ether oxygens (including phenoxy) is 1. The zero-order valence-electron chi connectivity index (χ0n) is 16.0. The van der Waals surface area contributed by atoms with Gasteiger partial charge in [-0.15, -0.1) is 24.0 Å². The number of rotatable bonds is 8. The van der Waals surface area contributed by atoms with Crippen molar-refractivity contribution in [1.82, 2.24) is 15.6 Å². The third kappa shape index (κ3) is 7.26. The van der Waals surface area contributed by atoms with E-state index in [0.717, 1.165) is 31.2 Å². The molecule has 148 valence electrons. The number of pyridine rings is 1. The van der Waals surface area contributed by atoms with Crippen molar-refractivity contribution in [2.75, 3.05) is 26.8 Å². The number of aromatic nitrogens is 1. The minimum atomic E-state index is 0. The van der Waals surface area contributed by atoms with Crippen molar-refractivity contribution < 1.29 is 9.84 Å². The summed E-state index contributed by atoms with van der Waals surface area (Å²) >= 11 is 0. The Morgan fingerprint density at radius 1 is 1.27 bits per heavy atom. The number of nitrogens with zero attached hydrogens (tertiary/aromatic N) is 2. The van der Waals surface area contributed by atoms with Gasteiger partial charge < -0.3 is 20.5 Å². The topological polar surface area (TPSA) is 78.8 Å². The van der Waals surface area contributed by atoms with Gasteiger partial charge in [-0.2, -0.15) is 0 Å². The van der Waals surface area contributed by atoms with Gasteiger partial charge in [-0.25, -0.2) is 9.98 Å². The fourth-order valence-electron chi connectivity index (χ4n) is 3.49. The normalized spacial score (nSPS) is 16.5. The van der Waals surface area contributed by atoms with E-state index < -0.39 is 0 Å². The number of aliphatic hydroxyl groups excluding tert-OH is 1. The van der Waals surface area contributed by atoms with Gasteiger partial charge in [-0.05, 0) is 37.7 Å². The lowest BCUT2D eigenvalue weighted by atomic mass is 9.72. The van der Waals surface area contributed by atoms with Crippen LogP contribution < -0.4 is 15.4 Å². The van der Waals surface area contributed by atoms with Crippen LogP contribution in [-0.2, 0) is 6.54 Å². The van der Waals surface area contributed by atoms with Crippen LogP contribution in [0.1, 0.15) is 51.1 Å². The highest BCUT2D eigenvalue weighted by Crippen LogP contribution is 2.38. The van der Waals surface area contributed by atoms with Crippen LogP contribution in [0, 0.1) is 5.41 Å². The third-order valence-corrected chi connectivity index (χ3v) is 4.92. The number of hydrogen-bond acceptors (Lipinski definition) is 4. The summed E-state index contributed by atoms with van der Waals surface area (Å²) in [5.74, 6) is 1.41. The first-order valence-electron chi connectivity index (χ1n) is 9.34. The molecule has 0 amide bonds. The van der Waals surface area contributed by atoms with Gasteiger partial charge in [-0.1, -0.05) is 25.3 Å². The summed E-state index contributed by atoms with van der Waals surface area (Å²) in [5, 5.41) is 16.2. The number of nitrogens with one attached hydrogen (secondary N) is 2. The highest BCUT2D eigenvalue weighted by atomic mass is 127. The van der Waals surface area contributed by atoms with Crippen LogP contribution in [-0.4, -0.2) is 42.9 Å². The molecule has 0 spiro atoms. The maximum Gasteiger partial charge on any atom is 0.213 e. The summed E-state index contributed by atoms with van der Waals surface area (Å²) in [7, 11) is 1.62. The Morgan fingerprint density at radius 3 is 2.69 bits per heavy atom. The molecule has 0 aromatic carbocycles. The SMILES string of the molecule is CCNC(=NCc1cccc(OC)n1)NCC1(CCO)CCCCC1.I. The molecular weight excluding hydrogens is 443 g/mol. The molecule has 1 fully saturated rings. The second kappa shape index (κ2) is 12.3. The Balaban J connectivity index is 0.00000338. The van der Waals surface area contributed by atoms with Gasteiger partial charge in [-0.3, -0.25) is 0 Å². The van der Waals surface area contributed by atoms with Crippen molar-refractivity contribution in [2.45, 2.75) is 52.0 Å². The lowest BCUT2D eigenvalue weighted by molar-refractivity contribution is 0.131. The molecule has 0 atom stereocenters. The molecule has 1 heterocycles. The highest BCUT2D eigenvalue weighted by Gasteiger charge is 2.31. The van der Waals surface area contributed by atoms with Crippen molar-refractivity contribution in [3.05, 3.63) is 23.9 Å². The van der Waals surface area contributed by atoms with E-state index in [4.69, 9.17) is 4.74 Å². The van der Waals surface area contributed by atoms with E-state index in [0.29, 0.717) is 12.4 Å². The predicted octanol–water partition coefficient (Wildman–Crippen LogP) is 3.10. The second-order valence-electron chi connectivity index (χ2n) is 6.75. The molecular formula is C19H33IN4O2. The van der Waals surface area contributed by atoms with Crippen molar-refractivity contribution >= 4 is 29.9 Å². The molecule has 1 aromatic heterocycles. The van der Waals surface area contributed by atoms with E-state index in [1.54, 1.807) is 7.11 Å². The van der Waals surface area contributed by atoms with E-state index in [9.17, 15) is 5.11 Å². The van der Waals surface area contributed by atoms with E-state index in [-0.39, 0.29) is 36.0 Å².